The van der Waals surface area contributed by atoms with Crippen LogP contribution >= 0.6 is 11.8 Å². The van der Waals surface area contributed by atoms with E-state index in [0.717, 1.165) is 17.7 Å². The normalized spacial score (nSPS) is 10.8. The molecule has 1 amide bonds. The molecule has 2 rings (SSSR count). The van der Waals surface area contributed by atoms with E-state index in [0.29, 0.717) is 41.3 Å². The van der Waals surface area contributed by atoms with Crippen molar-refractivity contribution in [2.45, 2.75) is 39.4 Å². The molecule has 2 aromatic rings. The van der Waals surface area contributed by atoms with Gasteiger partial charge in [0, 0.05) is 29.3 Å². The summed E-state index contributed by atoms with van der Waals surface area (Å²) < 4.78 is 13.6. The van der Waals surface area contributed by atoms with E-state index in [1.54, 1.807) is 23.9 Å². The number of hydrogen-bond acceptors (Lipinski definition) is 3. The molecule has 0 aliphatic rings. The van der Waals surface area contributed by atoms with Gasteiger partial charge in [-0.2, -0.15) is 11.8 Å². The summed E-state index contributed by atoms with van der Waals surface area (Å²) in [5.41, 5.74) is 3.31. The molecule has 26 heavy (non-hydrogen) atoms. The number of carbonyl (C=O) groups is 2. The van der Waals surface area contributed by atoms with E-state index in [1.165, 1.54) is 13.0 Å². The highest BCUT2D eigenvalue weighted by Gasteiger charge is 2.21. The molecule has 0 unspecified atom stereocenters. The number of hydrogen-bond donors (Lipinski definition) is 2. The number of benzene rings is 1. The van der Waals surface area contributed by atoms with Crippen molar-refractivity contribution in [1.29, 1.82) is 0 Å². The molecule has 0 aliphatic heterocycles. The minimum atomic E-state index is -0.202. The summed E-state index contributed by atoms with van der Waals surface area (Å²) >= 11 is 1.57. The average molecular weight is 376 g/mol. The molecule has 0 spiro atoms. The van der Waals surface area contributed by atoms with Crippen LogP contribution in [0.4, 0.5) is 4.39 Å². The van der Waals surface area contributed by atoms with E-state index in [4.69, 9.17) is 0 Å². The number of aromatic amines is 1. The Kier molecular flexibility index (Phi) is 7.45. The second kappa shape index (κ2) is 9.57. The third-order valence-corrected chi connectivity index (χ3v) is 5.13. The van der Waals surface area contributed by atoms with Crippen LogP contribution in [0, 0.1) is 12.7 Å². The van der Waals surface area contributed by atoms with Gasteiger partial charge in [-0.25, -0.2) is 4.39 Å². The van der Waals surface area contributed by atoms with Gasteiger partial charge in [0.15, 0.2) is 5.78 Å². The fourth-order valence-electron chi connectivity index (χ4n) is 2.97. The topological polar surface area (TPSA) is 62.0 Å². The number of H-pyrrole nitrogens is 1. The van der Waals surface area contributed by atoms with Gasteiger partial charge in [-0.3, -0.25) is 9.59 Å². The van der Waals surface area contributed by atoms with Crippen molar-refractivity contribution in [2.24, 2.45) is 0 Å². The zero-order valence-corrected chi connectivity index (χ0v) is 16.3. The molecule has 0 saturated heterocycles. The first-order valence-corrected chi connectivity index (χ1v) is 9.92. The Balaban J connectivity index is 1.91. The Bertz CT molecular complexity index is 786. The van der Waals surface area contributed by atoms with Crippen LogP contribution in [0.3, 0.4) is 0 Å². The number of carbonyl (C=O) groups excluding carboxylic acids is 2. The van der Waals surface area contributed by atoms with Crippen molar-refractivity contribution in [2.75, 3.05) is 12.3 Å². The van der Waals surface area contributed by atoms with Crippen LogP contribution in [0.5, 0.6) is 0 Å². The van der Waals surface area contributed by atoms with Gasteiger partial charge in [0.2, 0.25) is 0 Å². The molecule has 1 aromatic carbocycles. The van der Waals surface area contributed by atoms with Gasteiger partial charge < -0.3 is 10.3 Å². The number of aromatic nitrogens is 1. The largest absolute Gasteiger partial charge is 0.354 e. The number of amides is 1. The summed E-state index contributed by atoms with van der Waals surface area (Å²) in [6, 6.07) is 6.71. The van der Waals surface area contributed by atoms with Crippen molar-refractivity contribution >= 4 is 23.5 Å². The van der Waals surface area contributed by atoms with Crippen LogP contribution in [-0.2, 0) is 12.2 Å². The summed E-state index contributed by atoms with van der Waals surface area (Å²) in [5, 5.41) is 2.88. The Morgan fingerprint density at radius 2 is 2.00 bits per heavy atom. The molecular formula is C20H25FN2O2S. The van der Waals surface area contributed by atoms with Gasteiger partial charge in [0.1, 0.15) is 11.5 Å². The van der Waals surface area contributed by atoms with Crippen LogP contribution in [0.25, 0.3) is 0 Å². The third kappa shape index (κ3) is 4.97. The number of Topliss-reactive ketones (excluding diaryl/α,β-unsaturated/α-hetero) is 1. The average Bonchev–Trinajstić information content (AvgIpc) is 2.93. The summed E-state index contributed by atoms with van der Waals surface area (Å²) in [6.07, 6.45) is 1.54. The highest BCUT2D eigenvalue weighted by atomic mass is 32.2. The molecule has 0 aliphatic carbocycles. The summed E-state index contributed by atoms with van der Waals surface area (Å²) in [6.45, 7) is 5.84. The van der Waals surface area contributed by atoms with E-state index in [1.807, 2.05) is 19.9 Å². The maximum Gasteiger partial charge on any atom is 0.268 e. The first-order valence-electron chi connectivity index (χ1n) is 8.77. The number of ketones is 1. The second-order valence-electron chi connectivity index (χ2n) is 6.18. The van der Waals surface area contributed by atoms with E-state index in [-0.39, 0.29) is 17.5 Å². The number of aryl methyl sites for hydroxylation is 1. The quantitative estimate of drug-likeness (QED) is 0.507. The molecule has 0 radical (unpaired) electrons. The number of thioether (sulfide) groups is 1. The van der Waals surface area contributed by atoms with Crippen molar-refractivity contribution in [1.82, 2.24) is 10.3 Å². The zero-order valence-electron chi connectivity index (χ0n) is 15.4. The van der Waals surface area contributed by atoms with E-state index < -0.39 is 0 Å². The van der Waals surface area contributed by atoms with Gasteiger partial charge in [-0.05, 0) is 37.5 Å². The molecule has 6 heteroatoms. The predicted octanol–water partition coefficient (Wildman–Crippen LogP) is 4.28. The molecule has 1 aromatic heterocycles. The second-order valence-corrected chi connectivity index (χ2v) is 7.29. The lowest BCUT2D eigenvalue weighted by atomic mass is 10.0. The fourth-order valence-corrected chi connectivity index (χ4v) is 3.81. The SMILES string of the molecule is CCCc1c(C(=O)NCCSCc2ccccc2F)[nH]c(C)c1C(C)=O. The molecular weight excluding hydrogens is 351 g/mol. The predicted molar refractivity (Wildman–Crippen MR) is 104 cm³/mol. The van der Waals surface area contributed by atoms with Crippen LogP contribution in [0.2, 0.25) is 0 Å². The van der Waals surface area contributed by atoms with Crippen molar-refractivity contribution in [3.63, 3.8) is 0 Å². The first-order chi connectivity index (χ1) is 12.5. The molecule has 0 fully saturated rings. The molecule has 1 heterocycles. The van der Waals surface area contributed by atoms with Crippen LogP contribution in [-0.4, -0.2) is 29.0 Å². The molecule has 0 atom stereocenters. The zero-order chi connectivity index (χ0) is 19.1. The Morgan fingerprint density at radius 1 is 1.27 bits per heavy atom. The molecule has 4 nitrogen and oxygen atoms in total. The van der Waals surface area contributed by atoms with Gasteiger partial charge in [-0.1, -0.05) is 31.5 Å². The highest BCUT2D eigenvalue weighted by molar-refractivity contribution is 7.98. The van der Waals surface area contributed by atoms with Crippen LogP contribution in [0.15, 0.2) is 24.3 Å². The number of nitrogens with one attached hydrogen (secondary N) is 2. The molecule has 2 N–H and O–H groups in total. The van der Waals surface area contributed by atoms with Crippen LogP contribution < -0.4 is 5.32 Å². The maximum atomic E-state index is 13.6. The Morgan fingerprint density at radius 3 is 2.65 bits per heavy atom. The highest BCUT2D eigenvalue weighted by Crippen LogP contribution is 2.21. The first kappa shape index (κ1) is 20.2. The summed E-state index contributed by atoms with van der Waals surface area (Å²) in [4.78, 5) is 27.4. The lowest BCUT2D eigenvalue weighted by molar-refractivity contribution is 0.0950. The Hall–Kier alpha value is -2.08. The van der Waals surface area contributed by atoms with E-state index in [2.05, 4.69) is 10.3 Å². The van der Waals surface area contributed by atoms with Gasteiger partial charge in [0.25, 0.3) is 5.91 Å². The van der Waals surface area contributed by atoms with Gasteiger partial charge in [0.05, 0.1) is 0 Å². The smallest absolute Gasteiger partial charge is 0.268 e. The van der Waals surface area contributed by atoms with Crippen molar-refractivity contribution in [3.8, 4) is 0 Å². The van der Waals surface area contributed by atoms with Crippen molar-refractivity contribution < 1.29 is 14.0 Å². The lowest BCUT2D eigenvalue weighted by Gasteiger charge is -2.07. The monoisotopic (exact) mass is 376 g/mol. The summed E-state index contributed by atoms with van der Waals surface area (Å²) in [7, 11) is 0. The fraction of sp³-hybridized carbons (Fsp3) is 0.400. The van der Waals surface area contributed by atoms with Crippen molar-refractivity contribution in [3.05, 3.63) is 58.2 Å². The minimum absolute atomic E-state index is 0.0262. The van der Waals surface area contributed by atoms with Gasteiger partial charge >= 0.3 is 0 Å². The number of halogens is 1. The van der Waals surface area contributed by atoms with Crippen LogP contribution in [0.1, 0.15) is 57.9 Å². The Labute approximate surface area is 158 Å². The molecule has 0 bridgehead atoms. The molecule has 140 valence electrons. The number of rotatable bonds is 9. The minimum Gasteiger partial charge on any atom is -0.354 e. The third-order valence-electron chi connectivity index (χ3n) is 4.12. The van der Waals surface area contributed by atoms with Gasteiger partial charge in [-0.15, -0.1) is 0 Å². The summed E-state index contributed by atoms with van der Waals surface area (Å²) in [5.74, 6) is 0.825. The maximum absolute atomic E-state index is 13.6. The van der Waals surface area contributed by atoms with E-state index in [9.17, 15) is 14.0 Å². The van der Waals surface area contributed by atoms with E-state index >= 15 is 0 Å². The lowest BCUT2D eigenvalue weighted by Crippen LogP contribution is -2.27. The standard InChI is InChI=1S/C20H25FN2O2S/c1-4-7-16-18(14(3)24)13(2)23-19(16)20(25)22-10-11-26-12-15-8-5-6-9-17(15)21/h5-6,8-9,23H,4,7,10-12H2,1-3H3,(H,22,25). The molecule has 0 saturated carbocycles.